The van der Waals surface area contributed by atoms with E-state index in [4.69, 9.17) is 23.2 Å². The van der Waals surface area contributed by atoms with Crippen LogP contribution in [0.1, 0.15) is 18.1 Å². The Hall–Kier alpha value is -3.07. The minimum Gasteiger partial charge on any atom is -0.357 e. The van der Waals surface area contributed by atoms with Crippen LogP contribution in [0, 0.1) is 6.92 Å². The van der Waals surface area contributed by atoms with E-state index in [1.54, 1.807) is 25.1 Å². The van der Waals surface area contributed by atoms with Gasteiger partial charge in [-0.15, -0.1) is 0 Å². The van der Waals surface area contributed by atoms with Gasteiger partial charge in [0.2, 0.25) is 11.8 Å². The number of aryl methyl sites for hydroxylation is 1. The molecule has 0 saturated heterocycles. The first-order valence-electron chi connectivity index (χ1n) is 11.1. The maximum Gasteiger partial charge on any atom is 0.264 e. The highest BCUT2D eigenvalue weighted by molar-refractivity contribution is 7.92. The first kappa shape index (κ1) is 27.5. The van der Waals surface area contributed by atoms with Gasteiger partial charge in [-0.2, -0.15) is 0 Å². The summed E-state index contributed by atoms with van der Waals surface area (Å²) in [5.41, 5.74) is 1.91. The van der Waals surface area contributed by atoms with Crippen LogP contribution in [0.3, 0.4) is 0 Å². The lowest BCUT2D eigenvalue weighted by atomic mass is 10.1. The molecule has 0 bridgehead atoms. The standard InChI is InChI=1S/C26H27Cl2N3O4S/c1-18-9-7-8-10-20(18)16-30(19(2)26(33)29-3)25(32)17-31(23-14-21(27)13-22(28)15-23)36(34,35)24-11-5-4-6-12-24/h4-15,19H,16-17H2,1-3H3,(H,29,33). The Labute approximate surface area is 221 Å². The Bertz CT molecular complexity index is 1330. The molecule has 3 aromatic carbocycles. The molecule has 190 valence electrons. The quantitative estimate of drug-likeness (QED) is 0.422. The van der Waals surface area contributed by atoms with Gasteiger partial charge in [-0.3, -0.25) is 13.9 Å². The molecule has 0 heterocycles. The monoisotopic (exact) mass is 547 g/mol. The molecule has 0 aliphatic rings. The molecule has 0 spiro atoms. The van der Waals surface area contributed by atoms with Crippen molar-refractivity contribution in [1.82, 2.24) is 10.2 Å². The predicted octanol–water partition coefficient (Wildman–Crippen LogP) is 4.66. The smallest absolute Gasteiger partial charge is 0.264 e. The molecular weight excluding hydrogens is 521 g/mol. The van der Waals surface area contributed by atoms with Crippen LogP contribution >= 0.6 is 23.2 Å². The van der Waals surface area contributed by atoms with Gasteiger partial charge in [-0.25, -0.2) is 8.42 Å². The normalized spacial score (nSPS) is 12.0. The fourth-order valence-electron chi connectivity index (χ4n) is 3.69. The molecular formula is C26H27Cl2N3O4S. The van der Waals surface area contributed by atoms with Crippen molar-refractivity contribution in [2.45, 2.75) is 31.3 Å². The lowest BCUT2D eigenvalue weighted by Gasteiger charge is -2.32. The molecule has 0 aliphatic carbocycles. The van der Waals surface area contributed by atoms with E-state index in [-0.39, 0.29) is 33.1 Å². The summed E-state index contributed by atoms with van der Waals surface area (Å²) in [7, 11) is -2.70. The van der Waals surface area contributed by atoms with Gasteiger partial charge in [-0.1, -0.05) is 65.7 Å². The highest BCUT2D eigenvalue weighted by Crippen LogP contribution is 2.30. The Morgan fingerprint density at radius 2 is 1.53 bits per heavy atom. The number of likely N-dealkylation sites (N-methyl/N-ethyl adjacent to an activating group) is 1. The summed E-state index contributed by atoms with van der Waals surface area (Å²) in [4.78, 5) is 27.6. The summed E-state index contributed by atoms with van der Waals surface area (Å²) in [5, 5.41) is 2.99. The topological polar surface area (TPSA) is 86.8 Å². The molecule has 3 aromatic rings. The first-order chi connectivity index (χ1) is 17.0. The predicted molar refractivity (Wildman–Crippen MR) is 143 cm³/mol. The van der Waals surface area contributed by atoms with Crippen LogP contribution in [0.4, 0.5) is 5.69 Å². The zero-order valence-corrected chi connectivity index (χ0v) is 22.4. The average molecular weight is 548 g/mol. The van der Waals surface area contributed by atoms with Gasteiger partial charge in [0.15, 0.2) is 0 Å². The van der Waals surface area contributed by atoms with Crippen molar-refractivity contribution in [3.05, 3.63) is 94.0 Å². The number of carbonyl (C=O) groups excluding carboxylic acids is 2. The number of anilines is 1. The van der Waals surface area contributed by atoms with Gasteiger partial charge in [0.25, 0.3) is 10.0 Å². The Kier molecular flexibility index (Phi) is 9.00. The minimum absolute atomic E-state index is 0.00120. The highest BCUT2D eigenvalue weighted by Gasteiger charge is 2.32. The second-order valence-electron chi connectivity index (χ2n) is 8.19. The van der Waals surface area contributed by atoms with Crippen LogP contribution < -0.4 is 9.62 Å². The van der Waals surface area contributed by atoms with E-state index in [0.29, 0.717) is 0 Å². The Balaban J connectivity index is 2.07. The SMILES string of the molecule is CNC(=O)C(C)N(Cc1ccccc1C)C(=O)CN(c1cc(Cl)cc(Cl)c1)S(=O)(=O)c1ccccc1. The van der Waals surface area contributed by atoms with Crippen molar-refractivity contribution in [3.8, 4) is 0 Å². The molecule has 1 unspecified atom stereocenters. The van der Waals surface area contributed by atoms with Crippen LogP contribution in [0.25, 0.3) is 0 Å². The Morgan fingerprint density at radius 3 is 2.11 bits per heavy atom. The van der Waals surface area contributed by atoms with Crippen LogP contribution in [-0.2, 0) is 26.2 Å². The second kappa shape index (κ2) is 11.8. The molecule has 7 nitrogen and oxygen atoms in total. The van der Waals surface area contributed by atoms with Gasteiger partial charge in [0.1, 0.15) is 12.6 Å². The van der Waals surface area contributed by atoms with Crippen molar-refractivity contribution >= 4 is 50.7 Å². The van der Waals surface area contributed by atoms with Crippen LogP contribution in [0.15, 0.2) is 77.7 Å². The van der Waals surface area contributed by atoms with Crippen molar-refractivity contribution in [1.29, 1.82) is 0 Å². The maximum atomic E-state index is 13.7. The number of carbonyl (C=O) groups is 2. The number of benzene rings is 3. The highest BCUT2D eigenvalue weighted by atomic mass is 35.5. The summed E-state index contributed by atoms with van der Waals surface area (Å²) >= 11 is 12.3. The van der Waals surface area contributed by atoms with E-state index < -0.39 is 28.5 Å². The average Bonchev–Trinajstić information content (AvgIpc) is 2.85. The molecule has 0 aromatic heterocycles. The van der Waals surface area contributed by atoms with Gasteiger partial charge in [0.05, 0.1) is 10.6 Å². The maximum absolute atomic E-state index is 13.7. The number of halogens is 2. The molecule has 36 heavy (non-hydrogen) atoms. The zero-order valence-electron chi connectivity index (χ0n) is 20.1. The van der Waals surface area contributed by atoms with Crippen molar-refractivity contribution in [2.75, 3.05) is 17.9 Å². The molecule has 1 N–H and O–H groups in total. The van der Waals surface area contributed by atoms with Crippen molar-refractivity contribution in [2.24, 2.45) is 0 Å². The third-order valence-electron chi connectivity index (χ3n) is 5.76. The summed E-state index contributed by atoms with van der Waals surface area (Å²) in [5.74, 6) is -0.940. The lowest BCUT2D eigenvalue weighted by Crippen LogP contribution is -2.50. The molecule has 1 atom stereocenters. The summed E-state index contributed by atoms with van der Waals surface area (Å²) in [6, 6.07) is 18.7. The Morgan fingerprint density at radius 1 is 0.944 bits per heavy atom. The number of hydrogen-bond acceptors (Lipinski definition) is 4. The minimum atomic E-state index is -4.18. The lowest BCUT2D eigenvalue weighted by molar-refractivity contribution is -0.139. The molecule has 0 fully saturated rings. The van der Waals surface area contributed by atoms with E-state index in [2.05, 4.69) is 5.32 Å². The number of nitrogens with one attached hydrogen (secondary N) is 1. The number of hydrogen-bond donors (Lipinski definition) is 1. The van der Waals surface area contributed by atoms with Gasteiger partial charge >= 0.3 is 0 Å². The van der Waals surface area contributed by atoms with E-state index in [0.717, 1.165) is 15.4 Å². The fourth-order valence-corrected chi connectivity index (χ4v) is 5.63. The summed E-state index contributed by atoms with van der Waals surface area (Å²) < 4.78 is 28.3. The largest absolute Gasteiger partial charge is 0.357 e. The first-order valence-corrected chi connectivity index (χ1v) is 13.3. The van der Waals surface area contributed by atoms with E-state index in [9.17, 15) is 18.0 Å². The van der Waals surface area contributed by atoms with Gasteiger partial charge in [-0.05, 0) is 55.3 Å². The number of sulfonamides is 1. The van der Waals surface area contributed by atoms with Crippen LogP contribution in [0.5, 0.6) is 0 Å². The van der Waals surface area contributed by atoms with Crippen molar-refractivity contribution in [3.63, 3.8) is 0 Å². The summed E-state index contributed by atoms with van der Waals surface area (Å²) in [6.07, 6.45) is 0. The molecule has 2 amide bonds. The molecule has 0 saturated carbocycles. The van der Waals surface area contributed by atoms with E-state index in [1.807, 2.05) is 31.2 Å². The third kappa shape index (κ3) is 6.37. The number of nitrogens with zero attached hydrogens (tertiary/aromatic N) is 2. The molecule has 3 rings (SSSR count). The van der Waals surface area contributed by atoms with Crippen molar-refractivity contribution < 1.29 is 18.0 Å². The number of amides is 2. The molecule has 10 heteroatoms. The van der Waals surface area contributed by atoms with Gasteiger partial charge in [0, 0.05) is 23.6 Å². The molecule has 0 radical (unpaired) electrons. The third-order valence-corrected chi connectivity index (χ3v) is 7.99. The fraction of sp³-hybridized carbons (Fsp3) is 0.231. The zero-order chi connectivity index (χ0) is 26.5. The second-order valence-corrected chi connectivity index (χ2v) is 10.9. The number of rotatable bonds is 9. The van der Waals surface area contributed by atoms with Crippen LogP contribution in [0.2, 0.25) is 10.0 Å². The summed E-state index contributed by atoms with van der Waals surface area (Å²) in [6.45, 7) is 3.06. The van der Waals surface area contributed by atoms with Crippen LogP contribution in [-0.4, -0.2) is 44.8 Å². The van der Waals surface area contributed by atoms with E-state index in [1.165, 1.54) is 42.3 Å². The van der Waals surface area contributed by atoms with Gasteiger partial charge < -0.3 is 10.2 Å². The van der Waals surface area contributed by atoms with E-state index >= 15 is 0 Å². The molecule has 0 aliphatic heterocycles.